The number of anilines is 1. The lowest BCUT2D eigenvalue weighted by atomic mass is 10.1. The number of benzene rings is 1. The van der Waals surface area contributed by atoms with Crippen molar-refractivity contribution in [1.82, 2.24) is 19.4 Å². The van der Waals surface area contributed by atoms with Gasteiger partial charge in [-0.2, -0.15) is 0 Å². The van der Waals surface area contributed by atoms with Gasteiger partial charge in [0.25, 0.3) is 0 Å². The van der Waals surface area contributed by atoms with E-state index in [4.69, 9.17) is 25.2 Å². The van der Waals surface area contributed by atoms with Crippen molar-refractivity contribution in [2.75, 3.05) is 51.3 Å². The molecule has 1 aliphatic rings. The molecule has 178 valence electrons. The molecule has 4 rings (SSSR count). The minimum Gasteiger partial charge on any atom is -0.489 e. The highest BCUT2D eigenvalue weighted by Gasteiger charge is 2.21. The molecule has 0 saturated carbocycles. The van der Waals surface area contributed by atoms with Crippen molar-refractivity contribution in [2.24, 2.45) is 5.73 Å². The summed E-state index contributed by atoms with van der Waals surface area (Å²) in [5.74, 6) is 1.68. The second kappa shape index (κ2) is 11.4. The first-order chi connectivity index (χ1) is 16.2. The molecule has 0 radical (unpaired) electrons. The van der Waals surface area contributed by atoms with Crippen molar-refractivity contribution in [2.45, 2.75) is 39.3 Å². The third-order valence-corrected chi connectivity index (χ3v) is 6.09. The van der Waals surface area contributed by atoms with Crippen LogP contribution in [0.15, 0.2) is 36.4 Å². The van der Waals surface area contributed by atoms with Crippen LogP contribution in [0.4, 0.5) is 5.95 Å². The number of aromatic nitrogens is 3. The average molecular weight is 453 g/mol. The molecule has 0 spiro atoms. The summed E-state index contributed by atoms with van der Waals surface area (Å²) in [6.07, 6.45) is 2.16. The maximum atomic E-state index is 6.02. The van der Waals surface area contributed by atoms with Crippen molar-refractivity contribution in [3.8, 4) is 5.75 Å². The molecule has 33 heavy (non-hydrogen) atoms. The number of piperidine rings is 1. The number of hydrogen-bond donors (Lipinski definition) is 2. The number of nitrogens with one attached hydrogen (secondary N) is 1. The van der Waals surface area contributed by atoms with E-state index >= 15 is 0 Å². The van der Waals surface area contributed by atoms with Gasteiger partial charge in [0.2, 0.25) is 5.95 Å². The molecule has 0 aliphatic carbocycles. The Bertz CT molecular complexity index is 1030. The fourth-order valence-electron chi connectivity index (χ4n) is 4.36. The lowest BCUT2D eigenvalue weighted by Crippen LogP contribution is -2.41. The number of aryl methyl sites for hydroxylation is 1. The molecule has 1 aliphatic heterocycles. The summed E-state index contributed by atoms with van der Waals surface area (Å²) in [7, 11) is 0. The molecular weight excluding hydrogens is 416 g/mol. The topological polar surface area (TPSA) is 90.5 Å². The second-order valence-electron chi connectivity index (χ2n) is 8.50. The van der Waals surface area contributed by atoms with E-state index in [0.29, 0.717) is 39.0 Å². The zero-order chi connectivity index (χ0) is 23.0. The van der Waals surface area contributed by atoms with Crippen LogP contribution in [0.2, 0.25) is 0 Å². The van der Waals surface area contributed by atoms with Gasteiger partial charge in [-0.15, -0.1) is 0 Å². The predicted octanol–water partition coefficient (Wildman–Crippen LogP) is 3.04. The minimum atomic E-state index is 0.391. The number of imidazole rings is 1. The summed E-state index contributed by atoms with van der Waals surface area (Å²) in [4.78, 5) is 12.2. The highest BCUT2D eigenvalue weighted by molar-refractivity contribution is 5.78. The largest absolute Gasteiger partial charge is 0.489 e. The number of para-hydroxylation sites is 2. The molecule has 0 bridgehead atoms. The first kappa shape index (κ1) is 23.5. The Labute approximate surface area is 196 Å². The van der Waals surface area contributed by atoms with E-state index in [1.165, 1.54) is 0 Å². The smallest absolute Gasteiger partial charge is 0.204 e. The van der Waals surface area contributed by atoms with Crippen LogP contribution in [0.1, 0.15) is 31.2 Å². The van der Waals surface area contributed by atoms with E-state index in [0.717, 1.165) is 66.6 Å². The molecule has 8 nitrogen and oxygen atoms in total. The number of ether oxygens (including phenoxy) is 2. The van der Waals surface area contributed by atoms with Crippen molar-refractivity contribution >= 4 is 17.0 Å². The molecule has 3 aromatic rings. The zero-order valence-corrected chi connectivity index (χ0v) is 19.8. The fraction of sp³-hybridized carbons (Fsp3) is 0.520. The maximum Gasteiger partial charge on any atom is 0.204 e. The maximum absolute atomic E-state index is 6.02. The number of nitrogens with zero attached hydrogens (tertiary/aromatic N) is 4. The third kappa shape index (κ3) is 6.01. The highest BCUT2D eigenvalue weighted by Crippen LogP contribution is 2.26. The molecule has 8 heteroatoms. The molecule has 0 unspecified atom stereocenters. The molecule has 2 aromatic heterocycles. The SMILES string of the molecule is CCOCCOc1ccc(C)nc1Cn1c(NC2CCN(CCN)CC2)nc2ccccc21. The number of rotatable bonds is 11. The number of likely N-dealkylation sites (tertiary alicyclic amines) is 1. The van der Waals surface area contributed by atoms with E-state index in [2.05, 4.69) is 33.0 Å². The molecule has 1 fully saturated rings. The Morgan fingerprint density at radius 3 is 2.70 bits per heavy atom. The van der Waals surface area contributed by atoms with Gasteiger partial charge in [-0.3, -0.25) is 4.98 Å². The van der Waals surface area contributed by atoms with Gasteiger partial charge in [0.1, 0.15) is 18.1 Å². The predicted molar refractivity (Wildman–Crippen MR) is 132 cm³/mol. The van der Waals surface area contributed by atoms with Gasteiger partial charge in [-0.1, -0.05) is 12.1 Å². The van der Waals surface area contributed by atoms with Crippen LogP contribution in [-0.4, -0.2) is 71.5 Å². The van der Waals surface area contributed by atoms with Crippen LogP contribution in [0.5, 0.6) is 5.75 Å². The zero-order valence-electron chi connectivity index (χ0n) is 19.8. The van der Waals surface area contributed by atoms with Crippen LogP contribution < -0.4 is 15.8 Å². The Kier molecular flexibility index (Phi) is 8.15. The van der Waals surface area contributed by atoms with Gasteiger partial charge in [-0.25, -0.2) is 4.98 Å². The van der Waals surface area contributed by atoms with E-state index in [1.807, 2.05) is 32.0 Å². The Hall–Kier alpha value is -2.68. The first-order valence-corrected chi connectivity index (χ1v) is 12.0. The Morgan fingerprint density at radius 1 is 1.09 bits per heavy atom. The number of fused-ring (bicyclic) bond motifs is 1. The molecule has 0 amide bonds. The van der Waals surface area contributed by atoms with Crippen molar-refractivity contribution in [1.29, 1.82) is 0 Å². The van der Waals surface area contributed by atoms with Crippen molar-refractivity contribution in [3.63, 3.8) is 0 Å². The summed E-state index contributed by atoms with van der Waals surface area (Å²) in [6.45, 7) is 10.1. The number of hydrogen-bond acceptors (Lipinski definition) is 7. The first-order valence-electron chi connectivity index (χ1n) is 12.0. The third-order valence-electron chi connectivity index (χ3n) is 6.09. The monoisotopic (exact) mass is 452 g/mol. The van der Waals surface area contributed by atoms with Crippen LogP contribution in [0.3, 0.4) is 0 Å². The highest BCUT2D eigenvalue weighted by atomic mass is 16.5. The minimum absolute atomic E-state index is 0.391. The van der Waals surface area contributed by atoms with E-state index in [1.54, 1.807) is 0 Å². The Balaban J connectivity index is 1.56. The number of pyridine rings is 1. The lowest BCUT2D eigenvalue weighted by molar-refractivity contribution is 0.109. The molecule has 0 atom stereocenters. The van der Waals surface area contributed by atoms with Gasteiger partial charge in [0.05, 0.1) is 24.2 Å². The van der Waals surface area contributed by atoms with Gasteiger partial charge in [-0.05, 0) is 51.0 Å². The quantitative estimate of drug-likeness (QED) is 0.432. The average Bonchev–Trinajstić information content (AvgIpc) is 3.16. The van der Waals surface area contributed by atoms with Gasteiger partial charge >= 0.3 is 0 Å². The summed E-state index contributed by atoms with van der Waals surface area (Å²) < 4.78 is 13.7. The molecule has 1 saturated heterocycles. The second-order valence-corrected chi connectivity index (χ2v) is 8.50. The van der Waals surface area contributed by atoms with E-state index in [9.17, 15) is 0 Å². The van der Waals surface area contributed by atoms with Crippen LogP contribution >= 0.6 is 0 Å². The fourth-order valence-corrected chi connectivity index (χ4v) is 4.36. The normalized spacial score (nSPS) is 15.2. The van der Waals surface area contributed by atoms with Gasteiger partial charge < -0.3 is 30.0 Å². The Morgan fingerprint density at radius 2 is 1.91 bits per heavy atom. The van der Waals surface area contributed by atoms with Crippen LogP contribution in [-0.2, 0) is 11.3 Å². The van der Waals surface area contributed by atoms with Crippen LogP contribution in [0, 0.1) is 6.92 Å². The number of nitrogens with two attached hydrogens (primary N) is 1. The summed E-state index contributed by atoms with van der Waals surface area (Å²) in [5, 5.41) is 3.72. The standard InChI is InChI=1S/C25H36N6O2/c1-3-32-16-17-33-24-9-8-19(2)27-22(24)18-31-23-7-5-4-6-21(23)29-25(31)28-20-10-13-30(14-11-20)15-12-26/h4-9,20H,3,10-18,26H2,1-2H3,(H,28,29). The summed E-state index contributed by atoms with van der Waals surface area (Å²) >= 11 is 0. The van der Waals surface area contributed by atoms with Crippen molar-refractivity contribution < 1.29 is 9.47 Å². The molecule has 1 aromatic carbocycles. The van der Waals surface area contributed by atoms with Crippen molar-refractivity contribution in [3.05, 3.63) is 47.8 Å². The van der Waals surface area contributed by atoms with E-state index < -0.39 is 0 Å². The lowest BCUT2D eigenvalue weighted by Gasteiger charge is -2.32. The van der Waals surface area contributed by atoms with Gasteiger partial charge in [0, 0.05) is 44.5 Å². The summed E-state index contributed by atoms with van der Waals surface area (Å²) in [6, 6.07) is 12.6. The van der Waals surface area contributed by atoms with E-state index in [-0.39, 0.29) is 0 Å². The van der Waals surface area contributed by atoms with Gasteiger partial charge in [0.15, 0.2) is 0 Å². The molecular formula is C25H36N6O2. The molecule has 3 N–H and O–H groups in total. The van der Waals surface area contributed by atoms with Crippen LogP contribution in [0.25, 0.3) is 11.0 Å². The molecule has 3 heterocycles. The summed E-state index contributed by atoms with van der Waals surface area (Å²) in [5.41, 5.74) is 9.66.